The van der Waals surface area contributed by atoms with Crippen LogP contribution in [-0.2, 0) is 21.4 Å². The molecule has 1 aromatic heterocycles. The van der Waals surface area contributed by atoms with E-state index >= 15 is 0 Å². The summed E-state index contributed by atoms with van der Waals surface area (Å²) in [5.41, 5.74) is 0.897. The lowest BCUT2D eigenvalue weighted by Gasteiger charge is -2.20. The van der Waals surface area contributed by atoms with Crippen molar-refractivity contribution in [2.45, 2.75) is 37.2 Å². The van der Waals surface area contributed by atoms with Crippen LogP contribution in [0.3, 0.4) is 0 Å². The Kier molecular flexibility index (Phi) is 6.46. The number of benzene rings is 1. The third-order valence-corrected chi connectivity index (χ3v) is 6.55. The van der Waals surface area contributed by atoms with E-state index in [-0.39, 0.29) is 17.1 Å². The molecule has 2 aromatic rings. The van der Waals surface area contributed by atoms with Crippen molar-refractivity contribution < 1.29 is 17.9 Å². The van der Waals surface area contributed by atoms with Gasteiger partial charge in [-0.2, -0.15) is 4.31 Å². The maximum Gasteiger partial charge on any atom is 0.338 e. The van der Waals surface area contributed by atoms with Crippen LogP contribution in [0.15, 0.2) is 47.5 Å². The zero-order valence-electron chi connectivity index (χ0n) is 14.8. The van der Waals surface area contributed by atoms with Gasteiger partial charge in [-0.1, -0.05) is 36.6 Å². The molecule has 0 atom stereocenters. The lowest BCUT2D eigenvalue weighted by molar-refractivity contribution is 0.0472. The van der Waals surface area contributed by atoms with Gasteiger partial charge in [-0.15, -0.1) is 0 Å². The summed E-state index contributed by atoms with van der Waals surface area (Å²) in [6.45, 7) is 1.06. The molecule has 2 heterocycles. The fourth-order valence-electron chi connectivity index (χ4n) is 2.94. The number of esters is 1. The number of aromatic nitrogens is 1. The molecule has 1 aliphatic rings. The van der Waals surface area contributed by atoms with E-state index in [0.717, 1.165) is 25.7 Å². The molecule has 144 valence electrons. The number of sulfonamides is 1. The van der Waals surface area contributed by atoms with E-state index in [0.29, 0.717) is 23.8 Å². The molecule has 0 saturated carbocycles. The predicted octanol–water partition coefficient (Wildman–Crippen LogP) is 3.66. The van der Waals surface area contributed by atoms with Gasteiger partial charge < -0.3 is 4.74 Å². The number of rotatable bonds is 5. The van der Waals surface area contributed by atoms with Gasteiger partial charge in [-0.05, 0) is 37.1 Å². The van der Waals surface area contributed by atoms with Gasteiger partial charge in [0.05, 0.1) is 10.5 Å². The van der Waals surface area contributed by atoms with Crippen LogP contribution in [0.4, 0.5) is 0 Å². The minimum Gasteiger partial charge on any atom is -0.457 e. The normalized spacial score (nSPS) is 15.9. The second kappa shape index (κ2) is 8.82. The first kappa shape index (κ1) is 19.8. The molecule has 1 aliphatic heterocycles. The molecule has 6 nitrogen and oxygen atoms in total. The smallest absolute Gasteiger partial charge is 0.338 e. The van der Waals surface area contributed by atoms with Crippen molar-refractivity contribution in [3.8, 4) is 0 Å². The van der Waals surface area contributed by atoms with Crippen LogP contribution in [0.1, 0.15) is 41.6 Å². The Bertz CT molecular complexity index is 892. The van der Waals surface area contributed by atoms with E-state index in [4.69, 9.17) is 16.3 Å². The first-order valence-electron chi connectivity index (χ1n) is 8.84. The topological polar surface area (TPSA) is 76.6 Å². The summed E-state index contributed by atoms with van der Waals surface area (Å²) in [7, 11) is -3.61. The highest BCUT2D eigenvalue weighted by Crippen LogP contribution is 2.21. The summed E-state index contributed by atoms with van der Waals surface area (Å²) in [4.78, 5) is 16.4. The maximum absolute atomic E-state index is 12.9. The van der Waals surface area contributed by atoms with Gasteiger partial charge in [-0.3, -0.25) is 0 Å². The zero-order valence-corrected chi connectivity index (χ0v) is 16.4. The summed E-state index contributed by atoms with van der Waals surface area (Å²) in [6, 6.07) is 9.32. The van der Waals surface area contributed by atoms with Crippen LogP contribution in [0, 0.1) is 0 Å². The Morgan fingerprint density at radius 1 is 1.11 bits per heavy atom. The molecule has 0 unspecified atom stereocenters. The van der Waals surface area contributed by atoms with Crippen LogP contribution in [0.2, 0.25) is 5.15 Å². The molecule has 27 heavy (non-hydrogen) atoms. The summed E-state index contributed by atoms with van der Waals surface area (Å²) in [5, 5.41) is 0.358. The monoisotopic (exact) mass is 408 g/mol. The van der Waals surface area contributed by atoms with E-state index in [1.54, 1.807) is 24.3 Å². The number of nitrogens with zero attached hydrogens (tertiary/aromatic N) is 2. The van der Waals surface area contributed by atoms with E-state index in [1.165, 1.54) is 22.6 Å². The summed E-state index contributed by atoms with van der Waals surface area (Å²) < 4.78 is 32.5. The Morgan fingerprint density at radius 2 is 1.85 bits per heavy atom. The van der Waals surface area contributed by atoms with Crippen molar-refractivity contribution in [3.63, 3.8) is 0 Å². The Balaban J connectivity index is 1.72. The average molecular weight is 409 g/mol. The van der Waals surface area contributed by atoms with Crippen LogP contribution in [-0.4, -0.2) is 36.8 Å². The first-order chi connectivity index (χ1) is 13.0. The van der Waals surface area contributed by atoms with Crippen molar-refractivity contribution in [1.29, 1.82) is 0 Å². The van der Waals surface area contributed by atoms with Crippen molar-refractivity contribution in [2.75, 3.05) is 13.1 Å². The standard InChI is InChI=1S/C19H21ClN2O4S/c20-18-9-8-15(13-21-18)14-26-19(23)16-6-5-7-17(12-16)27(24,25)22-10-3-1-2-4-11-22/h5-9,12-13H,1-4,10-11,14H2. The van der Waals surface area contributed by atoms with Crippen LogP contribution < -0.4 is 0 Å². The highest BCUT2D eigenvalue weighted by molar-refractivity contribution is 7.89. The van der Waals surface area contributed by atoms with Gasteiger partial charge in [0.25, 0.3) is 0 Å². The second-order valence-corrected chi connectivity index (χ2v) is 8.74. The average Bonchev–Trinajstić information content (AvgIpc) is 2.97. The molecule has 1 fully saturated rings. The minimum absolute atomic E-state index is 0.0338. The molecule has 1 saturated heterocycles. The van der Waals surface area contributed by atoms with Crippen LogP contribution in [0.5, 0.6) is 0 Å². The van der Waals surface area contributed by atoms with Gasteiger partial charge in [-0.25, -0.2) is 18.2 Å². The Hall–Kier alpha value is -1.96. The maximum atomic E-state index is 12.9. The predicted molar refractivity (Wildman–Crippen MR) is 102 cm³/mol. The lowest BCUT2D eigenvalue weighted by Crippen LogP contribution is -2.32. The molecule has 1 aromatic carbocycles. The number of carbonyl (C=O) groups excluding carboxylic acids is 1. The second-order valence-electron chi connectivity index (χ2n) is 6.41. The third-order valence-electron chi connectivity index (χ3n) is 4.43. The van der Waals surface area contributed by atoms with Crippen LogP contribution >= 0.6 is 11.6 Å². The molecule has 0 amide bonds. The van der Waals surface area contributed by atoms with Crippen molar-refractivity contribution in [2.24, 2.45) is 0 Å². The highest BCUT2D eigenvalue weighted by atomic mass is 35.5. The zero-order chi connectivity index (χ0) is 19.3. The molecular weight excluding hydrogens is 388 g/mol. The fourth-order valence-corrected chi connectivity index (χ4v) is 4.61. The molecule has 8 heteroatoms. The minimum atomic E-state index is -3.61. The van der Waals surface area contributed by atoms with Gasteiger partial charge >= 0.3 is 5.97 Å². The molecule has 0 bridgehead atoms. The number of halogens is 1. The number of hydrogen-bond acceptors (Lipinski definition) is 5. The highest BCUT2D eigenvalue weighted by Gasteiger charge is 2.26. The Morgan fingerprint density at radius 3 is 2.52 bits per heavy atom. The molecule has 0 radical (unpaired) electrons. The first-order valence-corrected chi connectivity index (χ1v) is 10.7. The van der Waals surface area contributed by atoms with Crippen molar-refractivity contribution >= 4 is 27.6 Å². The molecule has 0 aliphatic carbocycles. The summed E-state index contributed by atoms with van der Waals surface area (Å²) in [6.07, 6.45) is 5.32. The fraction of sp³-hybridized carbons (Fsp3) is 0.368. The number of carbonyl (C=O) groups is 1. The quantitative estimate of drug-likeness (QED) is 0.557. The van der Waals surface area contributed by atoms with E-state index in [1.807, 2.05) is 0 Å². The van der Waals surface area contributed by atoms with Crippen LogP contribution in [0.25, 0.3) is 0 Å². The van der Waals surface area contributed by atoms with Gasteiger partial charge in [0.1, 0.15) is 11.8 Å². The van der Waals surface area contributed by atoms with E-state index < -0.39 is 16.0 Å². The van der Waals surface area contributed by atoms with E-state index in [9.17, 15) is 13.2 Å². The van der Waals surface area contributed by atoms with Gasteiger partial charge in [0, 0.05) is 24.8 Å². The number of pyridine rings is 1. The van der Waals surface area contributed by atoms with Gasteiger partial charge in [0.15, 0.2) is 0 Å². The summed E-state index contributed by atoms with van der Waals surface area (Å²) >= 11 is 5.72. The number of hydrogen-bond donors (Lipinski definition) is 0. The van der Waals surface area contributed by atoms with E-state index in [2.05, 4.69) is 4.98 Å². The molecule has 0 N–H and O–H groups in total. The van der Waals surface area contributed by atoms with Gasteiger partial charge in [0.2, 0.25) is 10.0 Å². The van der Waals surface area contributed by atoms with Crippen molar-refractivity contribution in [1.82, 2.24) is 9.29 Å². The van der Waals surface area contributed by atoms with Crippen molar-refractivity contribution in [3.05, 3.63) is 58.9 Å². The molecule has 3 rings (SSSR count). The Labute approximate surface area is 164 Å². The summed E-state index contributed by atoms with van der Waals surface area (Å²) in [5.74, 6) is -0.585. The molecule has 0 spiro atoms. The lowest BCUT2D eigenvalue weighted by atomic mass is 10.2. The third kappa shape index (κ3) is 5.06. The SMILES string of the molecule is O=C(OCc1ccc(Cl)nc1)c1cccc(S(=O)(=O)N2CCCCCC2)c1. The number of ether oxygens (including phenoxy) is 1. The largest absolute Gasteiger partial charge is 0.457 e. The molecular formula is C19H21ClN2O4S.